The van der Waals surface area contributed by atoms with Gasteiger partial charge in [-0.3, -0.25) is 19.3 Å². The van der Waals surface area contributed by atoms with E-state index in [0.717, 1.165) is 0 Å². The molecule has 2 fully saturated rings. The van der Waals surface area contributed by atoms with Gasteiger partial charge in [0.1, 0.15) is 19.3 Å². The monoisotopic (exact) mass is 242 g/mol. The summed E-state index contributed by atoms with van der Waals surface area (Å²) in [6.07, 6.45) is 0.393. The van der Waals surface area contributed by atoms with E-state index in [4.69, 9.17) is 4.74 Å². The molecule has 0 aromatic carbocycles. The standard InChI is InChI=1S/C10H14N2O5/c1-16-10(15)7-2-6(3-11-7)12-8(13)4-17-5-9(12)14/h6-7,11H,2-5H2,1H3/t6-,7-/m1/s1. The number of ether oxygens (including phenoxy) is 2. The number of nitrogens with zero attached hydrogens (tertiary/aromatic N) is 1. The number of carbonyl (C=O) groups excluding carboxylic acids is 3. The Balaban J connectivity index is 2.02. The van der Waals surface area contributed by atoms with Gasteiger partial charge in [-0.25, -0.2) is 0 Å². The molecular formula is C10H14N2O5. The molecule has 0 radical (unpaired) electrons. The third kappa shape index (κ3) is 2.29. The first kappa shape index (κ1) is 12.0. The van der Waals surface area contributed by atoms with Crippen LogP contribution in [-0.2, 0) is 23.9 Å². The first-order chi connectivity index (χ1) is 8.13. The number of rotatable bonds is 2. The second-order valence-electron chi connectivity index (χ2n) is 4.02. The Kier molecular flexibility index (Phi) is 3.39. The third-order valence-electron chi connectivity index (χ3n) is 2.95. The van der Waals surface area contributed by atoms with E-state index in [9.17, 15) is 14.4 Å². The molecular weight excluding hydrogens is 228 g/mol. The van der Waals surface area contributed by atoms with E-state index in [-0.39, 0.29) is 37.0 Å². The van der Waals surface area contributed by atoms with Crippen molar-refractivity contribution in [1.29, 1.82) is 0 Å². The van der Waals surface area contributed by atoms with Crippen LogP contribution in [0.25, 0.3) is 0 Å². The Labute approximate surface area is 98.0 Å². The first-order valence-corrected chi connectivity index (χ1v) is 5.37. The van der Waals surface area contributed by atoms with Crippen LogP contribution < -0.4 is 5.32 Å². The molecule has 2 saturated heterocycles. The summed E-state index contributed by atoms with van der Waals surface area (Å²) < 4.78 is 9.44. The van der Waals surface area contributed by atoms with Gasteiger partial charge in [0.25, 0.3) is 11.8 Å². The summed E-state index contributed by atoms with van der Waals surface area (Å²) in [6.45, 7) is 0.257. The van der Waals surface area contributed by atoms with Gasteiger partial charge in [0.15, 0.2) is 0 Å². The van der Waals surface area contributed by atoms with Crippen molar-refractivity contribution in [3.63, 3.8) is 0 Å². The van der Waals surface area contributed by atoms with E-state index in [0.29, 0.717) is 13.0 Å². The maximum absolute atomic E-state index is 11.6. The van der Waals surface area contributed by atoms with Crippen molar-refractivity contribution in [2.24, 2.45) is 0 Å². The van der Waals surface area contributed by atoms with Gasteiger partial charge in [-0.05, 0) is 6.42 Å². The predicted octanol–water partition coefficient (Wildman–Crippen LogP) is -1.72. The van der Waals surface area contributed by atoms with Gasteiger partial charge >= 0.3 is 5.97 Å². The molecule has 0 unspecified atom stereocenters. The second-order valence-corrected chi connectivity index (χ2v) is 4.02. The van der Waals surface area contributed by atoms with Crippen LogP contribution in [0, 0.1) is 0 Å². The van der Waals surface area contributed by atoms with Crippen molar-refractivity contribution in [1.82, 2.24) is 10.2 Å². The number of nitrogens with one attached hydrogen (secondary N) is 1. The van der Waals surface area contributed by atoms with E-state index in [1.807, 2.05) is 0 Å². The molecule has 2 rings (SSSR count). The van der Waals surface area contributed by atoms with Gasteiger partial charge in [0.2, 0.25) is 0 Å². The molecule has 2 atom stereocenters. The third-order valence-corrected chi connectivity index (χ3v) is 2.95. The normalized spacial score (nSPS) is 29.6. The highest BCUT2D eigenvalue weighted by Crippen LogP contribution is 2.17. The molecule has 0 aromatic rings. The molecule has 2 aliphatic rings. The van der Waals surface area contributed by atoms with Crippen molar-refractivity contribution < 1.29 is 23.9 Å². The fourth-order valence-electron chi connectivity index (χ4n) is 2.15. The Hall–Kier alpha value is -1.47. The molecule has 0 spiro atoms. The van der Waals surface area contributed by atoms with Crippen molar-refractivity contribution in [3.8, 4) is 0 Å². The fraction of sp³-hybridized carbons (Fsp3) is 0.700. The summed E-state index contributed by atoms with van der Waals surface area (Å²) in [4.78, 5) is 35.6. The number of hydrogen-bond donors (Lipinski definition) is 1. The lowest BCUT2D eigenvalue weighted by Gasteiger charge is -2.29. The van der Waals surface area contributed by atoms with Crippen LogP contribution in [0.2, 0.25) is 0 Å². The number of amides is 2. The molecule has 17 heavy (non-hydrogen) atoms. The van der Waals surface area contributed by atoms with E-state index in [1.165, 1.54) is 12.0 Å². The van der Waals surface area contributed by atoms with Crippen molar-refractivity contribution in [2.45, 2.75) is 18.5 Å². The van der Waals surface area contributed by atoms with Crippen LogP contribution in [0.1, 0.15) is 6.42 Å². The van der Waals surface area contributed by atoms with Crippen LogP contribution in [0.3, 0.4) is 0 Å². The predicted molar refractivity (Wildman–Crippen MR) is 54.9 cm³/mol. The van der Waals surface area contributed by atoms with E-state index < -0.39 is 6.04 Å². The van der Waals surface area contributed by atoms with Crippen LogP contribution in [0.5, 0.6) is 0 Å². The Morgan fingerprint density at radius 1 is 1.41 bits per heavy atom. The fourth-order valence-corrected chi connectivity index (χ4v) is 2.15. The lowest BCUT2D eigenvalue weighted by molar-refractivity contribution is -0.161. The Morgan fingerprint density at radius 3 is 2.65 bits per heavy atom. The SMILES string of the molecule is COC(=O)[C@H]1C[C@@H](N2C(=O)COCC2=O)CN1. The number of carbonyl (C=O) groups is 3. The zero-order chi connectivity index (χ0) is 12.4. The molecule has 7 heteroatoms. The maximum atomic E-state index is 11.6. The smallest absolute Gasteiger partial charge is 0.322 e. The van der Waals surface area contributed by atoms with Gasteiger partial charge < -0.3 is 14.8 Å². The van der Waals surface area contributed by atoms with Gasteiger partial charge in [0.05, 0.1) is 13.2 Å². The molecule has 0 saturated carbocycles. The molecule has 0 aromatic heterocycles. The van der Waals surface area contributed by atoms with Gasteiger partial charge in [0, 0.05) is 6.54 Å². The highest BCUT2D eigenvalue weighted by atomic mass is 16.5. The zero-order valence-corrected chi connectivity index (χ0v) is 9.47. The molecule has 7 nitrogen and oxygen atoms in total. The average Bonchev–Trinajstić information content (AvgIpc) is 2.77. The summed E-state index contributed by atoms with van der Waals surface area (Å²) >= 11 is 0. The van der Waals surface area contributed by atoms with Crippen LogP contribution in [-0.4, -0.2) is 61.6 Å². The van der Waals surface area contributed by atoms with Crippen LogP contribution >= 0.6 is 0 Å². The summed E-state index contributed by atoms with van der Waals surface area (Å²) in [7, 11) is 1.31. The second kappa shape index (κ2) is 4.80. The minimum atomic E-state index is -0.451. The molecule has 94 valence electrons. The van der Waals surface area contributed by atoms with Gasteiger partial charge in [-0.2, -0.15) is 0 Å². The van der Waals surface area contributed by atoms with Crippen molar-refractivity contribution >= 4 is 17.8 Å². The molecule has 0 bridgehead atoms. The van der Waals surface area contributed by atoms with E-state index in [2.05, 4.69) is 10.1 Å². The summed E-state index contributed by atoms with van der Waals surface area (Å²) in [5.41, 5.74) is 0. The quantitative estimate of drug-likeness (QED) is 0.458. The average molecular weight is 242 g/mol. The van der Waals surface area contributed by atoms with Crippen molar-refractivity contribution in [3.05, 3.63) is 0 Å². The minimum Gasteiger partial charge on any atom is -0.468 e. The molecule has 2 aliphatic heterocycles. The number of esters is 1. The molecule has 1 N–H and O–H groups in total. The maximum Gasteiger partial charge on any atom is 0.322 e. The summed E-state index contributed by atoms with van der Waals surface area (Å²) in [5, 5.41) is 2.93. The highest BCUT2D eigenvalue weighted by Gasteiger charge is 2.39. The van der Waals surface area contributed by atoms with Crippen LogP contribution in [0.4, 0.5) is 0 Å². The Bertz CT molecular complexity index is 341. The lowest BCUT2D eigenvalue weighted by atomic mass is 10.1. The van der Waals surface area contributed by atoms with Gasteiger partial charge in [-0.15, -0.1) is 0 Å². The topological polar surface area (TPSA) is 84.9 Å². The summed E-state index contributed by atoms with van der Waals surface area (Å²) in [6, 6.07) is -0.739. The summed E-state index contributed by atoms with van der Waals surface area (Å²) in [5.74, 6) is -1.07. The highest BCUT2D eigenvalue weighted by molar-refractivity contribution is 5.98. The Morgan fingerprint density at radius 2 is 2.06 bits per heavy atom. The lowest BCUT2D eigenvalue weighted by Crippen LogP contribution is -2.52. The van der Waals surface area contributed by atoms with E-state index in [1.54, 1.807) is 0 Å². The molecule has 2 heterocycles. The van der Waals surface area contributed by atoms with Crippen LogP contribution in [0.15, 0.2) is 0 Å². The minimum absolute atomic E-state index is 0.0782. The van der Waals surface area contributed by atoms with Crippen molar-refractivity contribution in [2.75, 3.05) is 26.9 Å². The van der Waals surface area contributed by atoms with E-state index >= 15 is 0 Å². The number of imide groups is 1. The number of morpholine rings is 1. The molecule has 2 amide bonds. The largest absolute Gasteiger partial charge is 0.468 e. The number of methoxy groups -OCH3 is 1. The first-order valence-electron chi connectivity index (χ1n) is 5.37. The molecule has 0 aliphatic carbocycles. The number of hydrogen-bond acceptors (Lipinski definition) is 6. The zero-order valence-electron chi connectivity index (χ0n) is 9.47. The van der Waals surface area contributed by atoms with Gasteiger partial charge in [-0.1, -0.05) is 0 Å².